The van der Waals surface area contributed by atoms with Gasteiger partial charge in [-0.1, -0.05) is 50.6 Å². The van der Waals surface area contributed by atoms with E-state index in [1.165, 1.54) is 0 Å². The number of carbonyl (C=O) groups is 2. The molecule has 0 bridgehead atoms. The molecule has 2 aromatic rings. The third-order valence-electron chi connectivity index (χ3n) is 6.42. The van der Waals surface area contributed by atoms with E-state index in [9.17, 15) is 14.9 Å². The molecule has 34 heavy (non-hydrogen) atoms. The Morgan fingerprint density at radius 1 is 1.15 bits per heavy atom. The lowest BCUT2D eigenvalue weighted by atomic mass is 9.95. The molecule has 0 spiro atoms. The lowest BCUT2D eigenvalue weighted by Gasteiger charge is -2.40. The number of benzene rings is 2. The summed E-state index contributed by atoms with van der Waals surface area (Å²) in [5, 5.41) is 12.8. The molecule has 7 nitrogen and oxygen atoms in total. The number of Topliss-reactive ketones (excluding diaryl/α,β-unsaturated/α-hetero) is 1. The second kappa shape index (κ2) is 10.7. The lowest BCUT2D eigenvalue weighted by Crippen LogP contribution is -2.50. The third-order valence-corrected chi connectivity index (χ3v) is 11.5. The van der Waals surface area contributed by atoms with Gasteiger partial charge < -0.3 is 9.74 Å². The minimum atomic E-state index is -2.24. The van der Waals surface area contributed by atoms with Crippen LogP contribution in [0.5, 0.6) is 0 Å². The van der Waals surface area contributed by atoms with Crippen LogP contribution in [-0.4, -0.2) is 32.2 Å². The first-order chi connectivity index (χ1) is 15.7. The molecule has 0 aliphatic rings. The predicted molar refractivity (Wildman–Crippen MR) is 138 cm³/mol. The van der Waals surface area contributed by atoms with E-state index in [0.29, 0.717) is 21.8 Å². The Hall–Kier alpha value is -2.70. The zero-order valence-corrected chi connectivity index (χ0v) is 22.5. The number of carbonyl (C=O) groups excluding carboxylic acids is 2. The van der Waals surface area contributed by atoms with Crippen LogP contribution in [0.2, 0.25) is 23.2 Å². The Bertz CT molecular complexity index is 1120. The molecule has 0 aliphatic carbocycles. The molecule has 0 unspecified atom stereocenters. The molecule has 0 radical (unpaired) electrons. The first-order valence-corrected chi connectivity index (χ1v) is 14.3. The molecule has 0 fully saturated rings. The van der Waals surface area contributed by atoms with Crippen LogP contribution in [0.3, 0.4) is 0 Å². The van der Waals surface area contributed by atoms with E-state index in [1.807, 2.05) is 6.92 Å². The average molecular weight is 501 g/mol. The maximum atomic E-state index is 13.9. The van der Waals surface area contributed by atoms with Crippen LogP contribution in [-0.2, 0) is 4.43 Å². The minimum Gasteiger partial charge on any atom is -0.412 e. The van der Waals surface area contributed by atoms with Crippen molar-refractivity contribution < 1.29 is 14.0 Å². The summed E-state index contributed by atoms with van der Waals surface area (Å²) in [6, 6.07) is 11.1. The number of halogens is 1. The molecule has 0 aromatic heterocycles. The van der Waals surface area contributed by atoms with Gasteiger partial charge >= 0.3 is 0 Å². The van der Waals surface area contributed by atoms with Gasteiger partial charge in [-0.15, -0.1) is 0 Å². The molecular weight excluding hydrogens is 468 g/mol. The highest BCUT2D eigenvalue weighted by atomic mass is 35.5. The molecule has 1 amide bonds. The Labute approximate surface area is 207 Å². The van der Waals surface area contributed by atoms with E-state index in [-0.39, 0.29) is 21.9 Å². The number of nitrogen functional groups attached to an aromatic ring is 1. The summed E-state index contributed by atoms with van der Waals surface area (Å²) in [6.45, 7) is 14.2. The largest absolute Gasteiger partial charge is 0.412 e. The van der Waals surface area contributed by atoms with Crippen molar-refractivity contribution in [2.75, 3.05) is 5.32 Å². The maximum absolute atomic E-state index is 13.9. The van der Waals surface area contributed by atoms with Crippen molar-refractivity contribution in [3.05, 3.63) is 63.7 Å². The molecule has 0 heterocycles. The Morgan fingerprint density at radius 3 is 2.26 bits per heavy atom. The average Bonchev–Trinajstić information content (AvgIpc) is 2.78. The summed E-state index contributed by atoms with van der Waals surface area (Å²) in [4.78, 5) is 26.2. The fourth-order valence-electron chi connectivity index (χ4n) is 3.34. The second-order valence-corrected chi connectivity index (χ2v) is 14.9. The highest BCUT2D eigenvalue weighted by Crippen LogP contribution is 2.38. The summed E-state index contributed by atoms with van der Waals surface area (Å²) in [6.07, 6.45) is -0.531. The van der Waals surface area contributed by atoms with Gasteiger partial charge in [0, 0.05) is 11.3 Å². The molecular formula is C25H33ClN4O3Si. The molecule has 2 aromatic carbocycles. The SMILES string of the molecule is Cc1c(N[C@@H](C(=O)c2ccccc2C(=O)NN)[C@H](C)O[Si](C)(C)C(C)(C)C)ccc(C#N)c1Cl. The quantitative estimate of drug-likeness (QED) is 0.151. The first-order valence-electron chi connectivity index (χ1n) is 11.0. The number of hydrogen-bond donors (Lipinski definition) is 3. The fraction of sp³-hybridized carbons (Fsp3) is 0.400. The Kier molecular flexibility index (Phi) is 8.67. The van der Waals surface area contributed by atoms with Crippen LogP contribution in [0.15, 0.2) is 36.4 Å². The van der Waals surface area contributed by atoms with Gasteiger partial charge in [-0.3, -0.25) is 15.0 Å². The van der Waals surface area contributed by atoms with Crippen LogP contribution in [0, 0.1) is 18.3 Å². The van der Waals surface area contributed by atoms with Crippen molar-refractivity contribution in [1.29, 1.82) is 5.26 Å². The van der Waals surface area contributed by atoms with Gasteiger partial charge in [0.05, 0.1) is 22.3 Å². The molecule has 182 valence electrons. The molecule has 2 rings (SSSR count). The summed E-state index contributed by atoms with van der Waals surface area (Å²) in [7, 11) is -2.24. The van der Waals surface area contributed by atoms with Crippen LogP contribution in [0.4, 0.5) is 5.69 Å². The van der Waals surface area contributed by atoms with Crippen LogP contribution in [0.25, 0.3) is 0 Å². The van der Waals surface area contributed by atoms with Crippen molar-refractivity contribution in [2.45, 2.75) is 64.9 Å². The number of hydrogen-bond acceptors (Lipinski definition) is 6. The summed E-state index contributed by atoms with van der Waals surface area (Å²) < 4.78 is 6.57. The van der Waals surface area contributed by atoms with Crippen LogP contribution in [0.1, 0.15) is 59.5 Å². The van der Waals surface area contributed by atoms with E-state index in [1.54, 1.807) is 43.3 Å². The van der Waals surface area contributed by atoms with Gasteiger partial charge in [-0.25, -0.2) is 5.84 Å². The maximum Gasteiger partial charge on any atom is 0.265 e. The number of ketones is 1. The van der Waals surface area contributed by atoms with Crippen molar-refractivity contribution in [3.8, 4) is 6.07 Å². The summed E-state index contributed by atoms with van der Waals surface area (Å²) >= 11 is 6.37. The van der Waals surface area contributed by atoms with Gasteiger partial charge in [0.1, 0.15) is 12.1 Å². The Balaban J connectivity index is 2.57. The van der Waals surface area contributed by atoms with Gasteiger partial charge in [0.25, 0.3) is 5.91 Å². The van der Waals surface area contributed by atoms with Gasteiger partial charge in [-0.2, -0.15) is 5.26 Å². The van der Waals surface area contributed by atoms with E-state index in [4.69, 9.17) is 21.9 Å². The topological polar surface area (TPSA) is 117 Å². The number of hydrazine groups is 1. The minimum absolute atomic E-state index is 0.0696. The van der Waals surface area contributed by atoms with E-state index in [2.05, 4.69) is 50.7 Å². The smallest absolute Gasteiger partial charge is 0.265 e. The van der Waals surface area contributed by atoms with Crippen LogP contribution < -0.4 is 16.6 Å². The molecule has 0 aliphatic heterocycles. The van der Waals surface area contributed by atoms with Gasteiger partial charge in [0.2, 0.25) is 0 Å². The van der Waals surface area contributed by atoms with Crippen molar-refractivity contribution in [1.82, 2.24) is 5.43 Å². The number of nitrogens with two attached hydrogens (primary N) is 1. The normalized spacial score (nSPS) is 13.5. The second-order valence-electron chi connectivity index (χ2n) is 9.80. The standard InChI is InChI=1S/C25H33ClN4O3Si/c1-15-20(13-12-17(14-27)21(15)26)29-22(16(2)33-34(6,7)25(3,4)5)23(31)18-10-8-9-11-19(18)24(32)30-28/h8-13,16,22,29H,28H2,1-7H3,(H,30,32)/t16-,22+/m0/s1. The third kappa shape index (κ3) is 5.86. The Morgan fingerprint density at radius 2 is 1.74 bits per heavy atom. The summed E-state index contributed by atoms with van der Waals surface area (Å²) in [5.74, 6) is 4.47. The van der Waals surface area contributed by atoms with Gasteiger partial charge in [0.15, 0.2) is 14.1 Å². The van der Waals surface area contributed by atoms with Crippen LogP contribution >= 0.6 is 11.6 Å². The lowest BCUT2D eigenvalue weighted by molar-refractivity contribution is 0.0865. The van der Waals surface area contributed by atoms with E-state index >= 15 is 0 Å². The van der Waals surface area contributed by atoms with Gasteiger partial charge in [-0.05, 0) is 55.7 Å². The number of nitrogens with zero attached hydrogens (tertiary/aromatic N) is 1. The molecule has 0 saturated carbocycles. The first kappa shape index (κ1) is 27.5. The highest BCUT2D eigenvalue weighted by molar-refractivity contribution is 6.74. The molecule has 4 N–H and O–H groups in total. The zero-order valence-electron chi connectivity index (χ0n) is 20.7. The number of nitriles is 1. The number of nitrogens with one attached hydrogen (secondary N) is 2. The molecule has 9 heteroatoms. The number of rotatable bonds is 8. The number of anilines is 1. The van der Waals surface area contributed by atoms with E-state index in [0.717, 1.165) is 0 Å². The fourth-order valence-corrected chi connectivity index (χ4v) is 4.97. The summed E-state index contributed by atoms with van der Waals surface area (Å²) in [5.41, 5.74) is 4.10. The zero-order chi connectivity index (χ0) is 25.8. The monoisotopic (exact) mass is 500 g/mol. The predicted octanol–water partition coefficient (Wildman–Crippen LogP) is 5.20. The highest BCUT2D eigenvalue weighted by Gasteiger charge is 2.41. The van der Waals surface area contributed by atoms with E-state index < -0.39 is 26.4 Å². The number of amides is 1. The van der Waals surface area contributed by atoms with Crippen molar-refractivity contribution >= 4 is 37.3 Å². The van der Waals surface area contributed by atoms with Crippen molar-refractivity contribution in [3.63, 3.8) is 0 Å². The van der Waals surface area contributed by atoms with Crippen molar-refractivity contribution in [2.24, 2.45) is 5.84 Å². The molecule has 0 saturated heterocycles. The molecule has 2 atom stereocenters.